The molecule has 0 spiro atoms. The van der Waals surface area contributed by atoms with Gasteiger partial charge in [0.15, 0.2) is 11.5 Å². The molecule has 0 unspecified atom stereocenters. The number of carbonyl (C=O) groups excluding carboxylic acids is 2. The average Bonchev–Trinajstić information content (AvgIpc) is 3.68. The molecule has 3 aromatic rings. The third-order valence-electron chi connectivity index (χ3n) is 7.25. The molecule has 0 aliphatic carbocycles. The van der Waals surface area contributed by atoms with Crippen molar-refractivity contribution in [2.24, 2.45) is 0 Å². The van der Waals surface area contributed by atoms with Crippen LogP contribution in [0.2, 0.25) is 0 Å². The Hall–Kier alpha value is -3.82. The van der Waals surface area contributed by atoms with Crippen molar-refractivity contribution in [1.29, 1.82) is 0 Å². The van der Waals surface area contributed by atoms with E-state index in [2.05, 4.69) is 4.90 Å². The fourth-order valence-electron chi connectivity index (χ4n) is 5.00. The molecular weight excluding hydrogens is 510 g/mol. The minimum atomic E-state index is -0.131. The number of fused-ring (bicyclic) bond motifs is 1. The second kappa shape index (κ2) is 14.0. The minimum absolute atomic E-state index is 0.0137. The summed E-state index contributed by atoms with van der Waals surface area (Å²) in [6.45, 7) is 5.53. The summed E-state index contributed by atoms with van der Waals surface area (Å²) in [6, 6.07) is 19.3. The van der Waals surface area contributed by atoms with E-state index < -0.39 is 0 Å². The van der Waals surface area contributed by atoms with Crippen molar-refractivity contribution >= 4 is 11.8 Å². The molecule has 2 aromatic carbocycles. The topological polar surface area (TPSA) is 84.7 Å². The van der Waals surface area contributed by atoms with Gasteiger partial charge < -0.3 is 28.4 Å². The molecule has 2 aliphatic heterocycles. The van der Waals surface area contributed by atoms with Gasteiger partial charge in [0.2, 0.25) is 18.6 Å². The molecule has 0 bridgehead atoms. The molecule has 40 heavy (non-hydrogen) atoms. The molecule has 9 nitrogen and oxygen atoms in total. The van der Waals surface area contributed by atoms with Crippen LogP contribution in [-0.4, -0.2) is 79.2 Å². The summed E-state index contributed by atoms with van der Waals surface area (Å²) in [4.78, 5) is 33.0. The summed E-state index contributed by atoms with van der Waals surface area (Å²) in [7, 11) is 0. The molecule has 1 saturated heterocycles. The lowest BCUT2D eigenvalue weighted by atomic mass is 10.1. The zero-order valence-electron chi connectivity index (χ0n) is 22.8. The fourth-order valence-corrected chi connectivity index (χ4v) is 5.00. The van der Waals surface area contributed by atoms with Gasteiger partial charge in [-0.25, -0.2) is 0 Å². The van der Waals surface area contributed by atoms with E-state index in [0.29, 0.717) is 49.7 Å². The first-order chi connectivity index (χ1) is 19.6. The number of benzene rings is 2. The van der Waals surface area contributed by atoms with E-state index in [4.69, 9.17) is 18.6 Å². The maximum absolute atomic E-state index is 13.8. The highest BCUT2D eigenvalue weighted by Gasteiger charge is 2.24. The van der Waals surface area contributed by atoms with E-state index in [0.717, 1.165) is 50.4 Å². The Balaban J connectivity index is 1.26. The molecule has 0 saturated carbocycles. The Bertz CT molecular complexity index is 1230. The molecule has 212 valence electrons. The Morgan fingerprint density at radius 3 is 2.45 bits per heavy atom. The first-order valence-corrected chi connectivity index (χ1v) is 13.9. The van der Waals surface area contributed by atoms with Crippen molar-refractivity contribution in [2.45, 2.75) is 32.4 Å². The number of ether oxygens (including phenoxy) is 3. The maximum atomic E-state index is 13.8. The van der Waals surface area contributed by atoms with E-state index in [-0.39, 0.29) is 25.2 Å². The lowest BCUT2D eigenvalue weighted by Gasteiger charge is -2.30. The van der Waals surface area contributed by atoms with Gasteiger partial charge >= 0.3 is 0 Å². The van der Waals surface area contributed by atoms with E-state index >= 15 is 0 Å². The predicted molar refractivity (Wildman–Crippen MR) is 149 cm³/mol. The summed E-state index contributed by atoms with van der Waals surface area (Å²) >= 11 is 0. The predicted octanol–water partition coefficient (Wildman–Crippen LogP) is 3.72. The molecule has 9 heteroatoms. The lowest BCUT2D eigenvalue weighted by Crippen LogP contribution is -2.44. The highest BCUT2D eigenvalue weighted by Crippen LogP contribution is 2.33. The van der Waals surface area contributed by atoms with Gasteiger partial charge in [0, 0.05) is 39.1 Å². The number of amides is 2. The zero-order valence-corrected chi connectivity index (χ0v) is 22.8. The second-order valence-electron chi connectivity index (χ2n) is 10.1. The van der Waals surface area contributed by atoms with E-state index in [1.54, 1.807) is 16.1 Å². The van der Waals surface area contributed by atoms with Crippen LogP contribution in [-0.2, 0) is 33.8 Å². The van der Waals surface area contributed by atoms with Crippen LogP contribution >= 0.6 is 0 Å². The van der Waals surface area contributed by atoms with Gasteiger partial charge in [-0.3, -0.25) is 14.5 Å². The molecule has 2 aliphatic rings. The summed E-state index contributed by atoms with van der Waals surface area (Å²) < 4.78 is 22.0. The molecule has 0 radical (unpaired) electrons. The summed E-state index contributed by atoms with van der Waals surface area (Å²) in [5, 5.41) is 0. The summed E-state index contributed by atoms with van der Waals surface area (Å²) in [5.74, 6) is 1.91. The van der Waals surface area contributed by atoms with Crippen molar-refractivity contribution < 1.29 is 28.2 Å². The van der Waals surface area contributed by atoms with Gasteiger partial charge in [0.1, 0.15) is 5.76 Å². The van der Waals surface area contributed by atoms with E-state index in [1.165, 1.54) is 0 Å². The smallest absolute Gasteiger partial charge is 0.242 e. The van der Waals surface area contributed by atoms with Crippen LogP contribution in [0.5, 0.6) is 11.5 Å². The van der Waals surface area contributed by atoms with Crippen molar-refractivity contribution in [3.05, 3.63) is 83.8 Å². The van der Waals surface area contributed by atoms with Crippen LogP contribution < -0.4 is 9.47 Å². The first-order valence-electron chi connectivity index (χ1n) is 13.9. The molecule has 5 rings (SSSR count). The van der Waals surface area contributed by atoms with Gasteiger partial charge in [-0.2, -0.15) is 0 Å². The van der Waals surface area contributed by atoms with Crippen LogP contribution in [0.15, 0.2) is 71.3 Å². The van der Waals surface area contributed by atoms with E-state index in [9.17, 15) is 9.59 Å². The number of hydrogen-bond acceptors (Lipinski definition) is 7. The van der Waals surface area contributed by atoms with Crippen molar-refractivity contribution in [1.82, 2.24) is 14.7 Å². The van der Waals surface area contributed by atoms with Gasteiger partial charge in [0.25, 0.3) is 0 Å². The number of morpholine rings is 1. The molecule has 3 heterocycles. The summed E-state index contributed by atoms with van der Waals surface area (Å²) in [6.07, 6.45) is 3.39. The first kappa shape index (κ1) is 27.7. The van der Waals surface area contributed by atoms with Crippen LogP contribution in [0, 0.1) is 0 Å². The minimum Gasteiger partial charge on any atom is -0.467 e. The quantitative estimate of drug-likeness (QED) is 0.323. The van der Waals surface area contributed by atoms with Gasteiger partial charge in [-0.05, 0) is 48.2 Å². The number of nitrogens with zero attached hydrogens (tertiary/aromatic N) is 3. The monoisotopic (exact) mass is 547 g/mol. The number of aryl methyl sites for hydroxylation is 1. The Morgan fingerprint density at radius 2 is 1.65 bits per heavy atom. The second-order valence-corrected chi connectivity index (χ2v) is 10.1. The third-order valence-corrected chi connectivity index (χ3v) is 7.25. The number of rotatable bonds is 13. The summed E-state index contributed by atoms with van der Waals surface area (Å²) in [5.41, 5.74) is 2.02. The third kappa shape index (κ3) is 7.86. The Labute approximate surface area is 235 Å². The van der Waals surface area contributed by atoms with Crippen molar-refractivity contribution in [2.75, 3.05) is 52.7 Å². The highest BCUT2D eigenvalue weighted by atomic mass is 16.7. The van der Waals surface area contributed by atoms with Gasteiger partial charge in [-0.15, -0.1) is 0 Å². The van der Waals surface area contributed by atoms with Crippen LogP contribution in [0.3, 0.4) is 0 Å². The average molecular weight is 548 g/mol. The largest absolute Gasteiger partial charge is 0.467 e. The number of furan rings is 1. The molecule has 2 amide bonds. The Morgan fingerprint density at radius 1 is 0.825 bits per heavy atom. The SMILES string of the molecule is O=C(CCc1ccccc1)N(CCCN1CCOCC1)CC(=O)N(Cc1ccc2c(c1)OCO2)Cc1ccco1. The van der Waals surface area contributed by atoms with Gasteiger partial charge in [-0.1, -0.05) is 36.4 Å². The normalized spacial score (nSPS) is 14.7. The van der Waals surface area contributed by atoms with Crippen LogP contribution in [0.4, 0.5) is 0 Å². The maximum Gasteiger partial charge on any atom is 0.242 e. The highest BCUT2D eigenvalue weighted by molar-refractivity contribution is 5.85. The number of carbonyl (C=O) groups is 2. The van der Waals surface area contributed by atoms with Gasteiger partial charge in [0.05, 0.1) is 32.6 Å². The molecule has 1 aromatic heterocycles. The molecule has 0 atom stereocenters. The van der Waals surface area contributed by atoms with Crippen LogP contribution in [0.25, 0.3) is 0 Å². The van der Waals surface area contributed by atoms with Crippen LogP contribution in [0.1, 0.15) is 29.7 Å². The van der Waals surface area contributed by atoms with Crippen molar-refractivity contribution in [3.63, 3.8) is 0 Å². The molecule has 1 fully saturated rings. The Kier molecular flexibility index (Phi) is 9.71. The molecule has 0 N–H and O–H groups in total. The van der Waals surface area contributed by atoms with E-state index in [1.807, 2.05) is 60.7 Å². The fraction of sp³-hybridized carbons (Fsp3) is 0.419. The standard InChI is InChI=1S/C31H37N3O6/c35-30(12-10-25-6-2-1-3-7-25)33(14-5-13-32-15-18-37-19-16-32)23-31(36)34(22-27-8-4-17-38-27)21-26-9-11-28-29(20-26)40-24-39-28/h1-4,6-9,11,17,20H,5,10,12-16,18-19,21-24H2. The number of hydrogen-bond donors (Lipinski definition) is 0. The molecular formula is C31H37N3O6. The zero-order chi connectivity index (χ0) is 27.6. The lowest BCUT2D eigenvalue weighted by molar-refractivity contribution is -0.141. The van der Waals surface area contributed by atoms with Crippen molar-refractivity contribution in [3.8, 4) is 11.5 Å².